The zero-order valence-electron chi connectivity index (χ0n) is 32.6. The van der Waals surface area contributed by atoms with E-state index in [9.17, 15) is 0 Å². The van der Waals surface area contributed by atoms with Gasteiger partial charge in [0.25, 0.3) is 0 Å². The Balaban J connectivity index is 1.14. The summed E-state index contributed by atoms with van der Waals surface area (Å²) in [6.45, 7) is 0. The molecule has 2 heterocycles. The largest absolute Gasteiger partial charge is 0.265 e. The minimum absolute atomic E-state index is 0.612. The van der Waals surface area contributed by atoms with Gasteiger partial charge in [-0.05, 0) is 95.0 Å². The maximum Gasteiger partial charge on any atom is 0.164 e. The Bertz CT molecular complexity index is 3290. The third-order valence-corrected chi connectivity index (χ3v) is 11.5. The first kappa shape index (κ1) is 35.1. The van der Waals surface area contributed by atoms with Crippen molar-refractivity contribution in [2.45, 2.75) is 0 Å². The molecule has 0 saturated carbocycles. The lowest BCUT2D eigenvalue weighted by molar-refractivity contribution is 1.08. The van der Waals surface area contributed by atoms with E-state index < -0.39 is 0 Å². The fourth-order valence-corrected chi connectivity index (χ4v) is 8.70. The van der Waals surface area contributed by atoms with Gasteiger partial charge >= 0.3 is 0 Å². The lowest BCUT2D eigenvalue weighted by Crippen LogP contribution is -2.02. The first-order valence-electron chi connectivity index (χ1n) is 20.2. The van der Waals surface area contributed by atoms with Gasteiger partial charge in [-0.1, -0.05) is 188 Å². The zero-order valence-corrected chi connectivity index (χ0v) is 32.6. The highest BCUT2D eigenvalue weighted by Gasteiger charge is 2.21. The third kappa shape index (κ3) is 6.19. The highest BCUT2D eigenvalue weighted by molar-refractivity contribution is 6.24. The second-order valence-electron chi connectivity index (χ2n) is 14.9. The molecule has 0 aliphatic rings. The van der Waals surface area contributed by atoms with Gasteiger partial charge in [0.2, 0.25) is 0 Å². The van der Waals surface area contributed by atoms with Crippen molar-refractivity contribution in [3.8, 4) is 78.7 Å². The Morgan fingerprint density at radius 2 is 0.633 bits per heavy atom. The average Bonchev–Trinajstić information content (AvgIpc) is 3.33. The van der Waals surface area contributed by atoms with E-state index in [4.69, 9.17) is 15.0 Å². The summed E-state index contributed by atoms with van der Waals surface area (Å²) < 4.78 is 0. The molecule has 60 heavy (non-hydrogen) atoms. The van der Waals surface area contributed by atoms with Gasteiger partial charge in [-0.3, -0.25) is 4.98 Å². The second kappa shape index (κ2) is 15.0. The van der Waals surface area contributed by atoms with Crippen LogP contribution in [0.1, 0.15) is 0 Å². The van der Waals surface area contributed by atoms with Crippen LogP contribution in [0.4, 0.5) is 0 Å². The summed E-state index contributed by atoms with van der Waals surface area (Å²) >= 11 is 0. The number of rotatable bonds is 7. The molecule has 0 aliphatic carbocycles. The molecule has 11 aromatic rings. The molecule has 2 aromatic heterocycles. The maximum absolute atomic E-state index is 5.32. The summed E-state index contributed by atoms with van der Waals surface area (Å²) in [4.78, 5) is 20.0. The van der Waals surface area contributed by atoms with Crippen LogP contribution in [0.5, 0.6) is 0 Å². The normalized spacial score (nSPS) is 11.3. The van der Waals surface area contributed by atoms with Crippen molar-refractivity contribution in [3.05, 3.63) is 219 Å². The Morgan fingerprint density at radius 3 is 1.25 bits per heavy atom. The third-order valence-electron chi connectivity index (χ3n) is 11.5. The summed E-state index contributed by atoms with van der Waals surface area (Å²) in [5.41, 5.74) is 12.0. The Hall–Kier alpha value is -8.08. The van der Waals surface area contributed by atoms with Crippen LogP contribution in [0.15, 0.2) is 219 Å². The van der Waals surface area contributed by atoms with Gasteiger partial charge < -0.3 is 0 Å². The fourth-order valence-electron chi connectivity index (χ4n) is 8.70. The Kier molecular flexibility index (Phi) is 8.79. The number of aromatic nitrogens is 4. The zero-order chi connectivity index (χ0) is 39.8. The summed E-state index contributed by atoms with van der Waals surface area (Å²) in [6, 6.07) is 72.8. The molecule has 0 bridgehead atoms. The summed E-state index contributed by atoms with van der Waals surface area (Å²) in [5.74, 6) is 1.85. The average molecular weight is 765 g/mol. The van der Waals surface area contributed by atoms with Crippen molar-refractivity contribution < 1.29 is 0 Å². The molecular formula is C56H36N4. The van der Waals surface area contributed by atoms with Crippen molar-refractivity contribution in [2.75, 3.05) is 0 Å². The number of hydrogen-bond donors (Lipinski definition) is 0. The van der Waals surface area contributed by atoms with E-state index in [-0.39, 0.29) is 0 Å². The van der Waals surface area contributed by atoms with E-state index in [2.05, 4.69) is 193 Å². The smallest absolute Gasteiger partial charge is 0.164 e. The first-order valence-corrected chi connectivity index (χ1v) is 20.2. The van der Waals surface area contributed by atoms with Gasteiger partial charge in [-0.15, -0.1) is 0 Å². The molecular weight excluding hydrogens is 729 g/mol. The standard InChI is InChI=1S/C56H36N4/c1-3-15-39(16-4-1)42-19-7-14-26-50(42)55-58-54(41-29-27-37(28-30-41)38-33-35-57-36-34-38)59-56(60-55)51-32-31-49(43-20-8-9-21-44(43)51)53-47-24-12-10-22-45(47)52(40-17-5-2-6-18-40)46-23-11-13-25-48(46)53/h1-36H. The van der Waals surface area contributed by atoms with Crippen LogP contribution in [0, 0.1) is 0 Å². The van der Waals surface area contributed by atoms with Crippen LogP contribution >= 0.6 is 0 Å². The Labute approximate surface area is 348 Å². The van der Waals surface area contributed by atoms with Crippen molar-refractivity contribution in [3.63, 3.8) is 0 Å². The molecule has 0 spiro atoms. The van der Waals surface area contributed by atoms with Crippen molar-refractivity contribution >= 4 is 32.3 Å². The van der Waals surface area contributed by atoms with Crippen molar-refractivity contribution in [2.24, 2.45) is 0 Å². The van der Waals surface area contributed by atoms with Crippen LogP contribution in [0.25, 0.3) is 111 Å². The lowest BCUT2D eigenvalue weighted by Gasteiger charge is -2.19. The van der Waals surface area contributed by atoms with Crippen LogP contribution in [0.3, 0.4) is 0 Å². The molecule has 4 heteroatoms. The molecule has 4 nitrogen and oxygen atoms in total. The number of benzene rings is 9. The molecule has 0 atom stereocenters. The highest BCUT2D eigenvalue weighted by Crippen LogP contribution is 2.46. The van der Waals surface area contributed by atoms with Crippen LogP contribution in [-0.2, 0) is 0 Å². The number of hydrogen-bond acceptors (Lipinski definition) is 4. The van der Waals surface area contributed by atoms with Gasteiger partial charge in [0.05, 0.1) is 0 Å². The van der Waals surface area contributed by atoms with E-state index in [0.29, 0.717) is 17.5 Å². The summed E-state index contributed by atoms with van der Waals surface area (Å²) in [5, 5.41) is 7.08. The topological polar surface area (TPSA) is 51.6 Å². The van der Waals surface area contributed by atoms with Crippen LogP contribution in [-0.4, -0.2) is 19.9 Å². The van der Waals surface area contributed by atoms with Gasteiger partial charge in [0, 0.05) is 29.1 Å². The molecule has 0 fully saturated rings. The Morgan fingerprint density at radius 1 is 0.217 bits per heavy atom. The van der Waals surface area contributed by atoms with Crippen molar-refractivity contribution in [1.82, 2.24) is 19.9 Å². The first-order chi connectivity index (χ1) is 29.8. The molecule has 280 valence electrons. The van der Waals surface area contributed by atoms with Gasteiger partial charge in [-0.25, -0.2) is 15.0 Å². The minimum atomic E-state index is 0.612. The van der Waals surface area contributed by atoms with Gasteiger partial charge in [0.1, 0.15) is 0 Å². The van der Waals surface area contributed by atoms with Gasteiger partial charge in [-0.2, -0.15) is 0 Å². The van der Waals surface area contributed by atoms with Crippen LogP contribution < -0.4 is 0 Å². The summed E-state index contributed by atoms with van der Waals surface area (Å²) in [6.07, 6.45) is 3.64. The van der Waals surface area contributed by atoms with Gasteiger partial charge in [0.15, 0.2) is 17.5 Å². The highest BCUT2D eigenvalue weighted by atomic mass is 15.0. The molecule has 11 rings (SSSR count). The van der Waals surface area contributed by atoms with E-state index in [0.717, 1.165) is 55.3 Å². The molecule has 0 aliphatic heterocycles. The van der Waals surface area contributed by atoms with E-state index in [1.54, 1.807) is 0 Å². The molecule has 0 radical (unpaired) electrons. The molecule has 0 N–H and O–H groups in total. The van der Waals surface area contributed by atoms with Crippen LogP contribution in [0.2, 0.25) is 0 Å². The van der Waals surface area contributed by atoms with Crippen molar-refractivity contribution in [1.29, 1.82) is 0 Å². The number of pyridine rings is 1. The second-order valence-corrected chi connectivity index (χ2v) is 14.9. The quantitative estimate of drug-likeness (QED) is 0.152. The SMILES string of the molecule is c1ccc(-c2ccccc2-c2nc(-c3ccc(-c4ccncc4)cc3)nc(-c3ccc(-c4c5ccccc5c(-c5ccccc5)c5ccccc45)c4ccccc34)n2)cc1. The monoisotopic (exact) mass is 764 g/mol. The number of nitrogens with zero attached hydrogens (tertiary/aromatic N) is 4. The minimum Gasteiger partial charge on any atom is -0.265 e. The predicted octanol–water partition coefficient (Wildman–Crippen LogP) is 14.4. The lowest BCUT2D eigenvalue weighted by atomic mass is 9.84. The van der Waals surface area contributed by atoms with E-state index in [1.807, 2.05) is 30.6 Å². The number of fused-ring (bicyclic) bond motifs is 3. The summed E-state index contributed by atoms with van der Waals surface area (Å²) in [7, 11) is 0. The fraction of sp³-hybridized carbons (Fsp3) is 0. The van der Waals surface area contributed by atoms with E-state index in [1.165, 1.54) is 38.2 Å². The molecule has 0 amide bonds. The molecule has 0 unspecified atom stereocenters. The molecule has 0 saturated heterocycles. The van der Waals surface area contributed by atoms with E-state index >= 15 is 0 Å². The predicted molar refractivity (Wildman–Crippen MR) is 248 cm³/mol. The maximum atomic E-state index is 5.32. The molecule has 9 aromatic carbocycles.